The minimum Gasteiger partial charge on any atom is -0.459 e. The van der Waals surface area contributed by atoms with Gasteiger partial charge in [-0.3, -0.25) is 14.5 Å². The number of amides is 2. The quantitative estimate of drug-likeness (QED) is 0.0859. The molecule has 11 heteroatoms. The standard InChI is InChI=1S/C44H45NO10/c1-43(2,3)54-40(49)32-19-15-29(16-20-32)26-52-39(48)34-14-10-13-31(23-34)25-36(46)45-37(35(38(45)47)24-28-11-8-7-9-12-28)42(51)53-27-30-17-21-33(22-18-30)41(50)55-44(4,5)6/h7-23,35,37H,24-27H2,1-6H3/t35-,37-/m0/s1. The van der Waals surface area contributed by atoms with E-state index in [1.807, 2.05) is 30.3 Å². The van der Waals surface area contributed by atoms with Crippen LogP contribution in [0.15, 0.2) is 103 Å². The van der Waals surface area contributed by atoms with Crippen LogP contribution in [-0.2, 0) is 59.4 Å². The number of ether oxygens (including phenoxy) is 4. The summed E-state index contributed by atoms with van der Waals surface area (Å²) >= 11 is 0. The Labute approximate surface area is 320 Å². The van der Waals surface area contributed by atoms with Crippen molar-refractivity contribution in [1.29, 1.82) is 0 Å². The molecule has 1 saturated heterocycles. The van der Waals surface area contributed by atoms with Crippen LogP contribution in [0.5, 0.6) is 0 Å². The smallest absolute Gasteiger partial charge is 0.338 e. The van der Waals surface area contributed by atoms with Gasteiger partial charge in [-0.05, 0) is 107 Å². The van der Waals surface area contributed by atoms with E-state index in [0.717, 1.165) is 10.5 Å². The van der Waals surface area contributed by atoms with Crippen molar-refractivity contribution in [1.82, 2.24) is 4.90 Å². The lowest BCUT2D eigenvalue weighted by molar-refractivity contribution is -0.180. The lowest BCUT2D eigenvalue weighted by Crippen LogP contribution is -2.67. The van der Waals surface area contributed by atoms with E-state index < -0.39 is 58.9 Å². The van der Waals surface area contributed by atoms with Crippen LogP contribution in [-0.4, -0.2) is 57.8 Å². The molecule has 1 fully saturated rings. The number of hydrogen-bond donors (Lipinski definition) is 0. The van der Waals surface area contributed by atoms with Gasteiger partial charge in [0, 0.05) is 0 Å². The highest BCUT2D eigenvalue weighted by Gasteiger charge is 2.54. The monoisotopic (exact) mass is 747 g/mol. The summed E-state index contributed by atoms with van der Waals surface area (Å²) in [5, 5.41) is 0. The fraction of sp³-hybridized carbons (Fsp3) is 0.318. The fourth-order valence-corrected chi connectivity index (χ4v) is 5.85. The fourth-order valence-electron chi connectivity index (χ4n) is 5.85. The minimum atomic E-state index is -1.16. The highest BCUT2D eigenvalue weighted by atomic mass is 16.6. The Morgan fingerprint density at radius 2 is 1.07 bits per heavy atom. The molecule has 2 amide bonds. The van der Waals surface area contributed by atoms with E-state index >= 15 is 0 Å². The third-order valence-electron chi connectivity index (χ3n) is 8.47. The zero-order valence-electron chi connectivity index (χ0n) is 31.8. The van der Waals surface area contributed by atoms with E-state index in [0.29, 0.717) is 27.8 Å². The predicted molar refractivity (Wildman–Crippen MR) is 202 cm³/mol. The van der Waals surface area contributed by atoms with Gasteiger partial charge in [0.15, 0.2) is 0 Å². The Morgan fingerprint density at radius 1 is 0.564 bits per heavy atom. The summed E-state index contributed by atoms with van der Waals surface area (Å²) in [6.07, 6.45) is -0.0220. The number of carbonyl (C=O) groups is 6. The van der Waals surface area contributed by atoms with Gasteiger partial charge in [-0.1, -0.05) is 66.7 Å². The highest BCUT2D eigenvalue weighted by Crippen LogP contribution is 2.32. The van der Waals surface area contributed by atoms with Crippen molar-refractivity contribution in [3.8, 4) is 0 Å². The number of benzene rings is 4. The highest BCUT2D eigenvalue weighted by molar-refractivity contribution is 6.09. The summed E-state index contributed by atoms with van der Waals surface area (Å²) in [6, 6.07) is 27.3. The Hall–Kier alpha value is -6.10. The van der Waals surface area contributed by atoms with E-state index in [9.17, 15) is 28.8 Å². The normalized spacial score (nSPS) is 15.4. The molecule has 0 N–H and O–H groups in total. The Kier molecular flexibility index (Phi) is 12.3. The molecule has 4 aromatic carbocycles. The molecule has 1 aliphatic heterocycles. The molecule has 1 aliphatic rings. The summed E-state index contributed by atoms with van der Waals surface area (Å²) in [6.45, 7) is 10.5. The topological polar surface area (TPSA) is 143 Å². The van der Waals surface area contributed by atoms with Crippen LogP contribution in [0.3, 0.4) is 0 Å². The maximum absolute atomic E-state index is 13.6. The summed E-state index contributed by atoms with van der Waals surface area (Å²) < 4.78 is 21.9. The van der Waals surface area contributed by atoms with Crippen molar-refractivity contribution in [2.45, 2.75) is 84.8 Å². The number of esters is 4. The first-order valence-corrected chi connectivity index (χ1v) is 17.9. The zero-order chi connectivity index (χ0) is 39.9. The van der Waals surface area contributed by atoms with Gasteiger partial charge in [0.2, 0.25) is 11.8 Å². The Morgan fingerprint density at radius 3 is 1.60 bits per heavy atom. The summed E-state index contributed by atoms with van der Waals surface area (Å²) in [4.78, 5) is 79.3. The average molecular weight is 748 g/mol. The molecule has 11 nitrogen and oxygen atoms in total. The molecule has 0 unspecified atom stereocenters. The van der Waals surface area contributed by atoms with Gasteiger partial charge < -0.3 is 18.9 Å². The largest absolute Gasteiger partial charge is 0.459 e. The SMILES string of the molecule is CC(C)(C)OC(=O)c1ccc(COC(=O)c2cccc(CC(=O)N3C(=O)[C@@H](Cc4ccccc4)[C@H]3C(=O)OCc3ccc(C(=O)OC(C)(C)C)cc3)c2)cc1. The van der Waals surface area contributed by atoms with E-state index in [2.05, 4.69) is 0 Å². The number of nitrogens with zero attached hydrogens (tertiary/aromatic N) is 1. The van der Waals surface area contributed by atoms with Crippen LogP contribution in [0.2, 0.25) is 0 Å². The molecule has 55 heavy (non-hydrogen) atoms. The summed E-state index contributed by atoms with van der Waals surface area (Å²) in [5.74, 6) is -4.23. The first-order valence-electron chi connectivity index (χ1n) is 17.9. The van der Waals surface area contributed by atoms with Gasteiger partial charge in [-0.25, -0.2) is 19.2 Å². The maximum atomic E-state index is 13.6. The van der Waals surface area contributed by atoms with Crippen LogP contribution in [0, 0.1) is 5.92 Å². The number of likely N-dealkylation sites (tertiary alicyclic amines) is 1. The molecule has 286 valence electrons. The second-order valence-electron chi connectivity index (χ2n) is 15.3. The molecule has 0 spiro atoms. The van der Waals surface area contributed by atoms with E-state index in [4.69, 9.17) is 18.9 Å². The number of carbonyl (C=O) groups excluding carboxylic acids is 6. The van der Waals surface area contributed by atoms with Crippen LogP contribution in [0.25, 0.3) is 0 Å². The Balaban J connectivity index is 1.22. The molecule has 0 bridgehead atoms. The first-order chi connectivity index (χ1) is 26.0. The number of imide groups is 1. The van der Waals surface area contributed by atoms with Crippen LogP contribution >= 0.6 is 0 Å². The zero-order valence-corrected chi connectivity index (χ0v) is 31.8. The molecule has 2 atom stereocenters. The van der Waals surface area contributed by atoms with Gasteiger partial charge in [-0.2, -0.15) is 0 Å². The van der Waals surface area contributed by atoms with Crippen LogP contribution < -0.4 is 0 Å². The number of rotatable bonds is 12. The van der Waals surface area contributed by atoms with Crippen molar-refractivity contribution in [3.05, 3.63) is 142 Å². The number of hydrogen-bond acceptors (Lipinski definition) is 10. The summed E-state index contributed by atoms with van der Waals surface area (Å²) in [7, 11) is 0. The molecular weight excluding hydrogens is 702 g/mol. The third-order valence-corrected chi connectivity index (χ3v) is 8.47. The van der Waals surface area contributed by atoms with Gasteiger partial charge in [0.25, 0.3) is 0 Å². The van der Waals surface area contributed by atoms with E-state index in [1.165, 1.54) is 6.07 Å². The van der Waals surface area contributed by atoms with Crippen LogP contribution in [0.1, 0.15) is 94.9 Å². The molecular formula is C44H45NO10. The average Bonchev–Trinajstić information content (AvgIpc) is 3.13. The van der Waals surface area contributed by atoms with Crippen LogP contribution in [0.4, 0.5) is 0 Å². The van der Waals surface area contributed by atoms with Crippen molar-refractivity contribution >= 4 is 35.7 Å². The first kappa shape index (κ1) is 40.1. The second kappa shape index (κ2) is 16.9. The molecule has 5 rings (SSSR count). The van der Waals surface area contributed by atoms with Crippen molar-refractivity contribution < 1.29 is 47.7 Å². The lowest BCUT2D eigenvalue weighted by Gasteiger charge is -2.44. The van der Waals surface area contributed by atoms with Gasteiger partial charge in [-0.15, -0.1) is 0 Å². The summed E-state index contributed by atoms with van der Waals surface area (Å²) in [5.41, 5.74) is 2.16. The van der Waals surface area contributed by atoms with Crippen molar-refractivity contribution in [2.24, 2.45) is 5.92 Å². The van der Waals surface area contributed by atoms with Gasteiger partial charge in [0.05, 0.1) is 29.0 Å². The maximum Gasteiger partial charge on any atom is 0.338 e. The van der Waals surface area contributed by atoms with Crippen molar-refractivity contribution in [3.63, 3.8) is 0 Å². The molecule has 0 radical (unpaired) electrons. The lowest BCUT2D eigenvalue weighted by atomic mass is 9.81. The predicted octanol–water partition coefficient (Wildman–Crippen LogP) is 6.84. The second-order valence-corrected chi connectivity index (χ2v) is 15.3. The van der Waals surface area contributed by atoms with Gasteiger partial charge >= 0.3 is 23.9 Å². The van der Waals surface area contributed by atoms with E-state index in [1.54, 1.807) is 108 Å². The molecule has 4 aromatic rings. The molecule has 1 heterocycles. The minimum absolute atomic E-state index is 0.0562. The van der Waals surface area contributed by atoms with Crippen molar-refractivity contribution in [2.75, 3.05) is 0 Å². The third kappa shape index (κ3) is 11.0. The van der Waals surface area contributed by atoms with E-state index in [-0.39, 0.29) is 31.6 Å². The number of β-lactam (4-membered cyclic amide) rings is 1. The molecule has 0 aliphatic carbocycles. The van der Waals surface area contributed by atoms with Gasteiger partial charge in [0.1, 0.15) is 30.5 Å². The Bertz CT molecular complexity index is 2040. The molecule has 0 saturated carbocycles. The molecule has 0 aromatic heterocycles.